The summed E-state index contributed by atoms with van der Waals surface area (Å²) in [5.41, 5.74) is 0.563. The second-order valence-corrected chi connectivity index (χ2v) is 8.46. The first-order valence-corrected chi connectivity index (χ1v) is 10.2. The molecule has 1 aromatic carbocycles. The van der Waals surface area contributed by atoms with E-state index >= 15 is 0 Å². The molecule has 0 atom stereocenters. The predicted molar refractivity (Wildman–Crippen MR) is 90.7 cm³/mol. The summed E-state index contributed by atoms with van der Waals surface area (Å²) in [6.07, 6.45) is 1.08. The van der Waals surface area contributed by atoms with Gasteiger partial charge in [0.1, 0.15) is 5.82 Å². The molecule has 0 aliphatic carbocycles. The Morgan fingerprint density at radius 3 is 2.28 bits per heavy atom. The largest absolute Gasteiger partial charge is 0.378 e. The summed E-state index contributed by atoms with van der Waals surface area (Å²) >= 11 is 0. The lowest BCUT2D eigenvalue weighted by Gasteiger charge is -2.35. The second-order valence-electron chi connectivity index (χ2n) is 6.49. The molecule has 138 valence electrons. The van der Waals surface area contributed by atoms with Gasteiger partial charge in [-0.3, -0.25) is 4.79 Å². The highest BCUT2D eigenvalue weighted by Crippen LogP contribution is 2.23. The summed E-state index contributed by atoms with van der Waals surface area (Å²) in [6.45, 7) is 3.06. The molecule has 2 saturated heterocycles. The van der Waals surface area contributed by atoms with E-state index < -0.39 is 10.0 Å². The number of sulfonamides is 1. The van der Waals surface area contributed by atoms with Gasteiger partial charge in [0.2, 0.25) is 15.9 Å². The summed E-state index contributed by atoms with van der Waals surface area (Å²) in [6, 6.07) is 5.50. The third-order valence-electron chi connectivity index (χ3n) is 4.78. The van der Waals surface area contributed by atoms with Gasteiger partial charge in [-0.1, -0.05) is 12.1 Å². The van der Waals surface area contributed by atoms with E-state index in [1.807, 2.05) is 4.90 Å². The van der Waals surface area contributed by atoms with Crippen LogP contribution in [0.5, 0.6) is 0 Å². The van der Waals surface area contributed by atoms with E-state index in [2.05, 4.69) is 0 Å². The smallest absolute Gasteiger partial charge is 0.225 e. The van der Waals surface area contributed by atoms with Crippen LogP contribution < -0.4 is 0 Å². The molecule has 0 saturated carbocycles. The van der Waals surface area contributed by atoms with Gasteiger partial charge in [-0.15, -0.1) is 0 Å². The minimum Gasteiger partial charge on any atom is -0.378 e. The van der Waals surface area contributed by atoms with Gasteiger partial charge < -0.3 is 9.64 Å². The Bertz CT molecular complexity index is 694. The number of nitrogens with zero attached hydrogens (tertiary/aromatic N) is 2. The van der Waals surface area contributed by atoms with Crippen molar-refractivity contribution in [3.05, 3.63) is 35.6 Å². The maximum Gasteiger partial charge on any atom is 0.225 e. The van der Waals surface area contributed by atoms with Crippen LogP contribution in [0, 0.1) is 11.7 Å². The quantitative estimate of drug-likeness (QED) is 0.800. The first kappa shape index (κ1) is 18.3. The molecule has 2 aliphatic rings. The van der Waals surface area contributed by atoms with Gasteiger partial charge in [0.15, 0.2) is 0 Å². The van der Waals surface area contributed by atoms with Crippen LogP contribution in [0.3, 0.4) is 0 Å². The van der Waals surface area contributed by atoms with Gasteiger partial charge in [0, 0.05) is 32.1 Å². The first-order valence-electron chi connectivity index (χ1n) is 8.54. The highest BCUT2D eigenvalue weighted by atomic mass is 32.2. The van der Waals surface area contributed by atoms with Crippen LogP contribution in [0.2, 0.25) is 0 Å². The monoisotopic (exact) mass is 370 g/mol. The summed E-state index contributed by atoms with van der Waals surface area (Å²) in [5.74, 6) is -0.534. The number of carbonyl (C=O) groups is 1. The van der Waals surface area contributed by atoms with Gasteiger partial charge in [0.25, 0.3) is 0 Å². The van der Waals surface area contributed by atoms with Crippen LogP contribution in [0.15, 0.2) is 24.3 Å². The molecule has 0 aromatic heterocycles. The Balaban J connectivity index is 1.55. The molecule has 2 heterocycles. The molecule has 2 aliphatic heterocycles. The summed E-state index contributed by atoms with van der Waals surface area (Å²) in [5, 5.41) is 0. The van der Waals surface area contributed by atoms with Gasteiger partial charge in [0.05, 0.1) is 19.0 Å². The van der Waals surface area contributed by atoms with Crippen LogP contribution >= 0.6 is 0 Å². The number of amides is 1. The fourth-order valence-corrected chi connectivity index (χ4v) is 4.87. The maximum atomic E-state index is 12.9. The van der Waals surface area contributed by atoms with E-state index in [0.29, 0.717) is 57.8 Å². The summed E-state index contributed by atoms with van der Waals surface area (Å²) < 4.78 is 44.7. The number of hydrogen-bond donors (Lipinski definition) is 0. The third kappa shape index (κ3) is 4.56. The number of hydrogen-bond acceptors (Lipinski definition) is 4. The zero-order chi connectivity index (χ0) is 17.9. The zero-order valence-corrected chi connectivity index (χ0v) is 14.9. The highest BCUT2D eigenvalue weighted by Gasteiger charge is 2.33. The van der Waals surface area contributed by atoms with E-state index in [-0.39, 0.29) is 23.4 Å². The molecule has 3 rings (SSSR count). The predicted octanol–water partition coefficient (Wildman–Crippen LogP) is 1.23. The lowest BCUT2D eigenvalue weighted by atomic mass is 9.96. The average Bonchev–Trinajstić information content (AvgIpc) is 2.64. The number of ether oxygens (including phenoxy) is 1. The molecule has 0 bridgehead atoms. The standard InChI is InChI=1S/C17H23FN2O4S/c18-16-3-1-14(2-4-16)13-25(22,23)20-7-5-15(6-8-20)17(21)19-9-11-24-12-10-19/h1-4,15H,5-13H2. The molecular weight excluding hydrogens is 347 g/mol. The molecule has 6 nitrogen and oxygen atoms in total. The maximum absolute atomic E-state index is 12.9. The van der Waals surface area contributed by atoms with Crippen molar-refractivity contribution in [2.75, 3.05) is 39.4 Å². The number of piperidine rings is 1. The van der Waals surface area contributed by atoms with Crippen LogP contribution in [0.25, 0.3) is 0 Å². The molecular formula is C17H23FN2O4S. The molecule has 1 amide bonds. The number of halogens is 1. The van der Waals surface area contributed by atoms with Crippen molar-refractivity contribution in [1.29, 1.82) is 0 Å². The Hall–Kier alpha value is -1.51. The van der Waals surface area contributed by atoms with E-state index in [1.54, 1.807) is 0 Å². The Labute approximate surface area is 147 Å². The number of carbonyl (C=O) groups excluding carboxylic acids is 1. The lowest BCUT2D eigenvalue weighted by molar-refractivity contribution is -0.140. The van der Waals surface area contributed by atoms with Crippen LogP contribution in [0.1, 0.15) is 18.4 Å². The molecule has 8 heteroatoms. The lowest BCUT2D eigenvalue weighted by Crippen LogP contribution is -2.47. The molecule has 25 heavy (non-hydrogen) atoms. The number of rotatable bonds is 4. The topological polar surface area (TPSA) is 66.9 Å². The highest BCUT2D eigenvalue weighted by molar-refractivity contribution is 7.88. The van der Waals surface area contributed by atoms with Crippen molar-refractivity contribution in [3.63, 3.8) is 0 Å². The zero-order valence-electron chi connectivity index (χ0n) is 14.1. The first-order chi connectivity index (χ1) is 12.0. The van der Waals surface area contributed by atoms with Gasteiger partial charge in [-0.25, -0.2) is 17.1 Å². The van der Waals surface area contributed by atoms with Crippen molar-refractivity contribution < 1.29 is 22.3 Å². The third-order valence-corrected chi connectivity index (χ3v) is 6.63. The van der Waals surface area contributed by atoms with E-state index in [4.69, 9.17) is 4.74 Å². The Kier molecular flexibility index (Phi) is 5.71. The van der Waals surface area contributed by atoms with Crippen molar-refractivity contribution in [2.45, 2.75) is 18.6 Å². The summed E-state index contributed by atoms with van der Waals surface area (Å²) in [4.78, 5) is 14.3. The van der Waals surface area contributed by atoms with E-state index in [1.165, 1.54) is 28.6 Å². The van der Waals surface area contributed by atoms with Crippen LogP contribution in [-0.4, -0.2) is 62.9 Å². The molecule has 2 fully saturated rings. The molecule has 0 N–H and O–H groups in total. The molecule has 0 unspecified atom stereocenters. The van der Waals surface area contributed by atoms with Gasteiger partial charge in [-0.05, 0) is 30.5 Å². The second kappa shape index (κ2) is 7.80. The minimum absolute atomic E-state index is 0.110. The summed E-state index contributed by atoms with van der Waals surface area (Å²) in [7, 11) is -3.46. The van der Waals surface area contributed by atoms with E-state index in [0.717, 1.165) is 0 Å². The van der Waals surface area contributed by atoms with Gasteiger partial charge in [-0.2, -0.15) is 0 Å². The van der Waals surface area contributed by atoms with E-state index in [9.17, 15) is 17.6 Å². The van der Waals surface area contributed by atoms with Crippen LogP contribution in [-0.2, 0) is 25.3 Å². The van der Waals surface area contributed by atoms with Gasteiger partial charge >= 0.3 is 0 Å². The minimum atomic E-state index is -3.46. The van der Waals surface area contributed by atoms with Crippen LogP contribution in [0.4, 0.5) is 4.39 Å². The Morgan fingerprint density at radius 1 is 1.08 bits per heavy atom. The molecule has 1 aromatic rings. The fourth-order valence-electron chi connectivity index (χ4n) is 3.31. The van der Waals surface area contributed by atoms with Crippen molar-refractivity contribution in [2.24, 2.45) is 5.92 Å². The van der Waals surface area contributed by atoms with Crippen molar-refractivity contribution in [1.82, 2.24) is 9.21 Å². The normalized spacial score (nSPS) is 20.6. The SMILES string of the molecule is O=C(C1CCN(S(=O)(=O)Cc2ccc(F)cc2)CC1)N1CCOCC1. The van der Waals surface area contributed by atoms with Crippen molar-refractivity contribution in [3.8, 4) is 0 Å². The molecule has 0 spiro atoms. The number of morpholine rings is 1. The van der Waals surface area contributed by atoms with Crippen molar-refractivity contribution >= 4 is 15.9 Å². The Morgan fingerprint density at radius 2 is 1.68 bits per heavy atom. The number of benzene rings is 1. The average molecular weight is 370 g/mol. The molecule has 0 radical (unpaired) electrons. The fraction of sp³-hybridized carbons (Fsp3) is 0.588.